The Hall–Kier alpha value is -6.40. The second-order valence-electron chi connectivity index (χ2n) is 13.5. The van der Waals surface area contributed by atoms with Crippen LogP contribution in [-0.4, -0.2) is 95.0 Å². The lowest BCUT2D eigenvalue weighted by Gasteiger charge is -2.23. The highest BCUT2D eigenvalue weighted by Gasteiger charge is 2.31. The summed E-state index contributed by atoms with van der Waals surface area (Å²) in [5.74, 6) is -3.09. The van der Waals surface area contributed by atoms with Crippen LogP contribution >= 0.6 is 21.6 Å². The molecule has 62 heavy (non-hydrogen) atoms. The van der Waals surface area contributed by atoms with Crippen molar-refractivity contribution in [1.82, 2.24) is 21.3 Å². The fourth-order valence-electron chi connectivity index (χ4n) is 5.56. The summed E-state index contributed by atoms with van der Waals surface area (Å²) >= 11 is 0. The molecule has 0 radical (unpaired) electrons. The number of phenols is 2. The van der Waals surface area contributed by atoms with Crippen molar-refractivity contribution in [2.75, 3.05) is 24.7 Å². The van der Waals surface area contributed by atoms with Gasteiger partial charge in [0.15, 0.2) is 0 Å². The Morgan fingerprint density at radius 3 is 1.16 bits per heavy atom. The maximum atomic E-state index is 13.8. The van der Waals surface area contributed by atoms with Crippen molar-refractivity contribution < 1.29 is 57.9 Å². The topological polar surface area (TPSA) is 228 Å². The molecule has 0 heterocycles. The predicted molar refractivity (Wildman–Crippen MR) is 233 cm³/mol. The number of carbonyl (C=O) groups is 6. The molecule has 0 saturated heterocycles. The largest absolute Gasteiger partial charge is 0.508 e. The van der Waals surface area contributed by atoms with E-state index >= 15 is 0 Å². The van der Waals surface area contributed by atoms with Gasteiger partial charge in [-0.25, -0.2) is 19.2 Å². The summed E-state index contributed by atoms with van der Waals surface area (Å²) in [7, 11) is 2.14. The van der Waals surface area contributed by atoms with E-state index in [-0.39, 0.29) is 62.3 Å². The Labute approximate surface area is 367 Å². The van der Waals surface area contributed by atoms with Crippen LogP contribution in [0.1, 0.15) is 36.1 Å². The molecule has 4 rings (SSSR count). The van der Waals surface area contributed by atoms with Crippen molar-refractivity contribution in [2.24, 2.45) is 0 Å². The summed E-state index contributed by atoms with van der Waals surface area (Å²) in [6.07, 6.45) is -1.80. The molecule has 4 aromatic carbocycles. The van der Waals surface area contributed by atoms with Crippen LogP contribution in [0.3, 0.4) is 0 Å². The van der Waals surface area contributed by atoms with Gasteiger partial charge in [-0.1, -0.05) is 107 Å². The van der Waals surface area contributed by atoms with E-state index in [0.717, 1.165) is 21.6 Å². The number of aromatic hydroxyl groups is 2. The van der Waals surface area contributed by atoms with Crippen LogP contribution in [0.25, 0.3) is 0 Å². The number of hydrogen-bond acceptors (Lipinski definition) is 14. The molecule has 0 unspecified atom stereocenters. The molecule has 0 saturated carbocycles. The number of hydrogen-bond donors (Lipinski definition) is 6. The predicted octanol–water partition coefficient (Wildman–Crippen LogP) is 4.95. The first-order valence-electron chi connectivity index (χ1n) is 19.6. The quantitative estimate of drug-likeness (QED) is 0.0251. The smallest absolute Gasteiger partial charge is 0.408 e. The third-order valence-corrected chi connectivity index (χ3v) is 11.1. The van der Waals surface area contributed by atoms with Gasteiger partial charge in [0.25, 0.3) is 0 Å². The zero-order valence-corrected chi connectivity index (χ0v) is 35.8. The van der Waals surface area contributed by atoms with Gasteiger partial charge in [-0.05, 0) is 60.4 Å². The molecule has 0 spiro atoms. The number of phenolic OH excluding ortho intramolecular Hbond substituents is 2. The van der Waals surface area contributed by atoms with Crippen LogP contribution in [0, 0.1) is 0 Å². The summed E-state index contributed by atoms with van der Waals surface area (Å²) in [6.45, 7) is 3.16. The van der Waals surface area contributed by atoms with E-state index in [1.54, 1.807) is 86.6 Å². The first-order valence-corrected chi connectivity index (χ1v) is 22.1. The van der Waals surface area contributed by atoms with Crippen LogP contribution in [0.15, 0.2) is 109 Å². The minimum Gasteiger partial charge on any atom is -0.508 e. The summed E-state index contributed by atoms with van der Waals surface area (Å²) in [5.41, 5.74) is 2.64. The Morgan fingerprint density at radius 1 is 0.468 bits per heavy atom. The standard InChI is InChI=1S/C44H50N4O12S2/c1-3-57-41(53)35(23-29-15-19-33(49)20-16-29)45-39(51)37(47-43(55)59-25-31-11-7-5-8-12-31)27-61-62-28-38(48-44(56)60-26-32-13-9-6-10-14-32)40(52)46-36(42(54)58-4-2)24-30-17-21-34(50)22-18-30/h5-22,35-38,49-50H,3-4,23-28H2,1-2H3,(H,45,51)(H,46,52)(H,47,55)(H,48,56)/t35-,36-,37-,38+/m0/s1. The van der Waals surface area contributed by atoms with E-state index in [2.05, 4.69) is 21.3 Å². The van der Waals surface area contributed by atoms with Crippen molar-refractivity contribution in [3.8, 4) is 11.5 Å². The fourth-order valence-corrected chi connectivity index (χ4v) is 7.89. The summed E-state index contributed by atoms with van der Waals surface area (Å²) < 4.78 is 21.2. The van der Waals surface area contributed by atoms with Crippen LogP contribution < -0.4 is 21.3 Å². The Morgan fingerprint density at radius 2 is 0.823 bits per heavy atom. The lowest BCUT2D eigenvalue weighted by atomic mass is 10.1. The minimum absolute atomic E-state index is 0.0142. The van der Waals surface area contributed by atoms with Gasteiger partial charge in [-0.3, -0.25) is 9.59 Å². The number of rotatable bonds is 23. The number of amides is 4. The fraction of sp³-hybridized carbons (Fsp3) is 0.318. The normalized spacial score (nSPS) is 12.6. The number of benzene rings is 4. The summed E-state index contributed by atoms with van der Waals surface area (Å²) in [5, 5.41) is 29.9. The van der Waals surface area contributed by atoms with Crippen molar-refractivity contribution in [2.45, 2.75) is 64.1 Å². The van der Waals surface area contributed by atoms with Gasteiger partial charge in [0.1, 0.15) is 48.9 Å². The second-order valence-corrected chi connectivity index (χ2v) is 16.0. The molecule has 0 aliphatic carbocycles. The molecule has 0 bridgehead atoms. The van der Waals surface area contributed by atoms with Gasteiger partial charge < -0.3 is 50.4 Å². The highest BCUT2D eigenvalue weighted by molar-refractivity contribution is 8.76. The summed E-state index contributed by atoms with van der Waals surface area (Å²) in [4.78, 5) is 79.8. The highest BCUT2D eigenvalue weighted by Crippen LogP contribution is 2.24. The molecule has 6 N–H and O–H groups in total. The van der Waals surface area contributed by atoms with Crippen molar-refractivity contribution in [1.29, 1.82) is 0 Å². The Kier molecular flexibility index (Phi) is 20.3. The molecule has 0 aliphatic rings. The zero-order valence-electron chi connectivity index (χ0n) is 34.2. The molecule has 0 aliphatic heterocycles. The van der Waals surface area contributed by atoms with Crippen molar-refractivity contribution in [3.63, 3.8) is 0 Å². The first kappa shape index (κ1) is 48.3. The lowest BCUT2D eigenvalue weighted by Crippen LogP contribution is -2.54. The maximum absolute atomic E-state index is 13.8. The average molecular weight is 891 g/mol. The summed E-state index contributed by atoms with van der Waals surface area (Å²) in [6, 6.07) is 25.1. The highest BCUT2D eigenvalue weighted by atomic mass is 33.1. The average Bonchev–Trinajstić information content (AvgIpc) is 3.27. The number of nitrogens with one attached hydrogen (secondary N) is 4. The van der Waals surface area contributed by atoms with E-state index in [1.807, 2.05) is 12.1 Å². The van der Waals surface area contributed by atoms with Gasteiger partial charge in [0, 0.05) is 24.3 Å². The van der Waals surface area contributed by atoms with Gasteiger partial charge in [-0.15, -0.1) is 0 Å². The SMILES string of the molecule is CCOC(=O)[C@H](Cc1ccc(O)cc1)NC(=O)[C@H](CSSC[C@@H](NC(=O)OCc1ccccc1)C(=O)N[C@@H](Cc1ccc(O)cc1)C(=O)OCC)NC(=O)OCc1ccccc1. The number of ether oxygens (including phenoxy) is 4. The molecular weight excluding hydrogens is 841 g/mol. The third kappa shape index (κ3) is 17.3. The van der Waals surface area contributed by atoms with Crippen LogP contribution in [0.2, 0.25) is 0 Å². The monoisotopic (exact) mass is 890 g/mol. The molecular formula is C44H50N4O12S2. The molecule has 0 fully saturated rings. The number of esters is 2. The first-order chi connectivity index (χ1) is 29.9. The van der Waals surface area contributed by atoms with Crippen LogP contribution in [0.5, 0.6) is 11.5 Å². The second kappa shape index (κ2) is 26.0. The minimum atomic E-state index is -1.28. The van der Waals surface area contributed by atoms with E-state index in [4.69, 9.17) is 18.9 Å². The van der Waals surface area contributed by atoms with Crippen molar-refractivity contribution in [3.05, 3.63) is 131 Å². The molecule has 18 heteroatoms. The molecule has 4 atom stereocenters. The third-order valence-electron chi connectivity index (χ3n) is 8.72. The molecule has 4 amide bonds. The number of alkyl carbamates (subject to hydrolysis) is 2. The van der Waals surface area contributed by atoms with Gasteiger partial charge in [0.05, 0.1) is 13.2 Å². The maximum Gasteiger partial charge on any atom is 0.408 e. The van der Waals surface area contributed by atoms with Crippen LogP contribution in [-0.2, 0) is 64.2 Å². The molecule has 330 valence electrons. The van der Waals surface area contributed by atoms with Gasteiger partial charge in [0.2, 0.25) is 11.8 Å². The van der Waals surface area contributed by atoms with Gasteiger partial charge in [-0.2, -0.15) is 0 Å². The number of carbonyl (C=O) groups excluding carboxylic acids is 6. The van der Waals surface area contributed by atoms with Crippen LogP contribution in [0.4, 0.5) is 9.59 Å². The van der Waals surface area contributed by atoms with Crippen molar-refractivity contribution >= 4 is 57.5 Å². The lowest BCUT2D eigenvalue weighted by molar-refractivity contribution is -0.148. The van der Waals surface area contributed by atoms with Gasteiger partial charge >= 0.3 is 24.1 Å². The molecule has 4 aromatic rings. The Bertz CT molecular complexity index is 1900. The zero-order chi connectivity index (χ0) is 44.7. The Balaban J connectivity index is 1.49. The molecule has 0 aromatic heterocycles. The van der Waals surface area contributed by atoms with E-state index < -0.39 is 60.1 Å². The van der Waals surface area contributed by atoms with E-state index in [0.29, 0.717) is 22.3 Å². The van der Waals surface area contributed by atoms with E-state index in [1.165, 1.54) is 24.3 Å². The van der Waals surface area contributed by atoms with E-state index in [9.17, 15) is 39.0 Å². The molecule has 16 nitrogen and oxygen atoms in total.